The summed E-state index contributed by atoms with van der Waals surface area (Å²) < 4.78 is 19.7. The third kappa shape index (κ3) is 3.30. The lowest BCUT2D eigenvalue weighted by Gasteiger charge is -2.36. The molecule has 1 unspecified atom stereocenters. The molecule has 0 saturated carbocycles. The maximum Gasteiger partial charge on any atom is 0.124 e. The molecule has 3 aromatic carbocycles. The van der Waals surface area contributed by atoms with E-state index in [0.717, 1.165) is 43.1 Å². The zero-order valence-corrected chi connectivity index (χ0v) is 14.9. The first kappa shape index (κ1) is 17.0. The second kappa shape index (κ2) is 7.44. The minimum absolute atomic E-state index is 0.0349. The highest BCUT2D eigenvalue weighted by Gasteiger charge is 2.27. The number of fused-ring (bicyclic) bond motifs is 1. The summed E-state index contributed by atoms with van der Waals surface area (Å²) >= 11 is 0. The van der Waals surface area contributed by atoms with E-state index in [-0.39, 0.29) is 11.9 Å². The standard InChI is InChI=1S/C22H23FN2O/c1-26-21-9-8-19(23)15-20(21)22(25-12-10-24-11-13-25)18-7-6-16-4-2-3-5-17(16)14-18/h2-9,14-15,22,24H,10-13H2,1H3. The fraction of sp³-hybridized carbons (Fsp3) is 0.273. The summed E-state index contributed by atoms with van der Waals surface area (Å²) in [6, 6.07) is 19.6. The summed E-state index contributed by atoms with van der Waals surface area (Å²) in [6.45, 7) is 3.69. The van der Waals surface area contributed by atoms with Crippen molar-refractivity contribution < 1.29 is 9.13 Å². The normalized spacial score (nSPS) is 16.5. The quantitative estimate of drug-likeness (QED) is 0.770. The van der Waals surface area contributed by atoms with E-state index in [9.17, 15) is 4.39 Å². The number of piperazine rings is 1. The third-order valence-corrected chi connectivity index (χ3v) is 5.09. The Balaban J connectivity index is 1.86. The number of hydrogen-bond donors (Lipinski definition) is 1. The molecule has 4 heteroatoms. The topological polar surface area (TPSA) is 24.5 Å². The lowest BCUT2D eigenvalue weighted by atomic mass is 9.93. The molecular weight excluding hydrogens is 327 g/mol. The Bertz CT molecular complexity index is 906. The second-order valence-electron chi connectivity index (χ2n) is 6.68. The number of nitrogens with zero attached hydrogens (tertiary/aromatic N) is 1. The number of ether oxygens (including phenoxy) is 1. The van der Waals surface area contributed by atoms with Crippen molar-refractivity contribution >= 4 is 10.8 Å². The lowest BCUT2D eigenvalue weighted by molar-refractivity contribution is 0.195. The van der Waals surface area contributed by atoms with Crippen LogP contribution in [0.25, 0.3) is 10.8 Å². The van der Waals surface area contributed by atoms with Crippen LogP contribution in [-0.2, 0) is 0 Å². The first-order chi connectivity index (χ1) is 12.8. The maximum absolute atomic E-state index is 14.1. The minimum Gasteiger partial charge on any atom is -0.496 e. The summed E-state index contributed by atoms with van der Waals surface area (Å²) in [5.41, 5.74) is 2.04. The average Bonchev–Trinajstić information content (AvgIpc) is 2.69. The molecule has 1 N–H and O–H groups in total. The molecule has 1 atom stereocenters. The Kier molecular flexibility index (Phi) is 4.87. The molecule has 0 aromatic heterocycles. The van der Waals surface area contributed by atoms with Crippen LogP contribution in [0.15, 0.2) is 60.7 Å². The van der Waals surface area contributed by atoms with Gasteiger partial charge in [-0.15, -0.1) is 0 Å². The van der Waals surface area contributed by atoms with Crippen LogP contribution in [0.4, 0.5) is 4.39 Å². The number of benzene rings is 3. The zero-order chi connectivity index (χ0) is 17.9. The van der Waals surface area contributed by atoms with Crippen LogP contribution < -0.4 is 10.1 Å². The number of halogens is 1. The number of rotatable bonds is 4. The summed E-state index contributed by atoms with van der Waals surface area (Å²) in [5.74, 6) is 0.491. The van der Waals surface area contributed by atoms with Crippen molar-refractivity contribution in [2.75, 3.05) is 33.3 Å². The van der Waals surface area contributed by atoms with Crippen molar-refractivity contribution in [3.63, 3.8) is 0 Å². The largest absolute Gasteiger partial charge is 0.496 e. The molecule has 1 fully saturated rings. The fourth-order valence-electron chi connectivity index (χ4n) is 3.82. The summed E-state index contributed by atoms with van der Waals surface area (Å²) in [7, 11) is 1.64. The Labute approximate surface area is 153 Å². The molecule has 0 radical (unpaired) electrons. The van der Waals surface area contributed by atoms with Crippen LogP contribution >= 0.6 is 0 Å². The molecule has 0 aliphatic carbocycles. The number of nitrogens with one attached hydrogen (secondary N) is 1. The van der Waals surface area contributed by atoms with E-state index in [4.69, 9.17) is 4.74 Å². The van der Waals surface area contributed by atoms with Gasteiger partial charge in [-0.2, -0.15) is 0 Å². The predicted molar refractivity (Wildman–Crippen MR) is 103 cm³/mol. The highest BCUT2D eigenvalue weighted by Crippen LogP contribution is 2.36. The van der Waals surface area contributed by atoms with Crippen molar-refractivity contribution in [3.05, 3.63) is 77.6 Å². The van der Waals surface area contributed by atoms with Gasteiger partial charge in [-0.1, -0.05) is 36.4 Å². The highest BCUT2D eigenvalue weighted by molar-refractivity contribution is 5.83. The Morgan fingerprint density at radius 1 is 0.962 bits per heavy atom. The van der Waals surface area contributed by atoms with Crippen LogP contribution in [0.2, 0.25) is 0 Å². The molecule has 3 nitrogen and oxygen atoms in total. The summed E-state index contributed by atoms with van der Waals surface area (Å²) in [5, 5.41) is 5.80. The van der Waals surface area contributed by atoms with Gasteiger partial charge in [-0.25, -0.2) is 4.39 Å². The molecule has 1 aliphatic rings. The molecule has 134 valence electrons. The van der Waals surface area contributed by atoms with E-state index in [2.05, 4.69) is 46.6 Å². The van der Waals surface area contributed by atoms with Gasteiger partial charge < -0.3 is 10.1 Å². The van der Waals surface area contributed by atoms with Crippen LogP contribution in [0.1, 0.15) is 17.2 Å². The molecule has 0 bridgehead atoms. The minimum atomic E-state index is -0.235. The molecule has 3 aromatic rings. The van der Waals surface area contributed by atoms with E-state index in [1.165, 1.54) is 16.8 Å². The predicted octanol–water partition coefficient (Wildman–Crippen LogP) is 3.98. The molecule has 26 heavy (non-hydrogen) atoms. The van der Waals surface area contributed by atoms with Gasteiger partial charge in [0.05, 0.1) is 13.2 Å². The highest BCUT2D eigenvalue weighted by atomic mass is 19.1. The van der Waals surface area contributed by atoms with Gasteiger partial charge in [0.1, 0.15) is 11.6 Å². The summed E-state index contributed by atoms with van der Waals surface area (Å²) in [6.07, 6.45) is 0. The lowest BCUT2D eigenvalue weighted by Crippen LogP contribution is -2.45. The van der Waals surface area contributed by atoms with E-state index in [0.29, 0.717) is 0 Å². The van der Waals surface area contributed by atoms with Crippen LogP contribution in [0, 0.1) is 5.82 Å². The first-order valence-corrected chi connectivity index (χ1v) is 9.03. The van der Waals surface area contributed by atoms with Gasteiger partial charge in [0.25, 0.3) is 0 Å². The van der Waals surface area contributed by atoms with E-state index < -0.39 is 0 Å². The first-order valence-electron chi connectivity index (χ1n) is 9.03. The average molecular weight is 350 g/mol. The van der Waals surface area contributed by atoms with Crippen LogP contribution in [-0.4, -0.2) is 38.2 Å². The van der Waals surface area contributed by atoms with E-state index in [1.807, 2.05) is 6.07 Å². The van der Waals surface area contributed by atoms with Crippen LogP contribution in [0.5, 0.6) is 5.75 Å². The molecular formula is C22H23FN2O. The van der Waals surface area contributed by atoms with Gasteiger partial charge in [0.15, 0.2) is 0 Å². The Morgan fingerprint density at radius 2 is 1.73 bits per heavy atom. The SMILES string of the molecule is COc1ccc(F)cc1C(c1ccc2ccccc2c1)N1CCNCC1. The molecule has 0 spiro atoms. The number of hydrogen-bond acceptors (Lipinski definition) is 3. The van der Waals surface area contributed by atoms with Crippen molar-refractivity contribution in [2.24, 2.45) is 0 Å². The molecule has 4 rings (SSSR count). The van der Waals surface area contributed by atoms with Crippen molar-refractivity contribution in [1.82, 2.24) is 10.2 Å². The van der Waals surface area contributed by atoms with Gasteiger partial charge in [0, 0.05) is 31.7 Å². The monoisotopic (exact) mass is 350 g/mol. The second-order valence-corrected chi connectivity index (χ2v) is 6.68. The maximum atomic E-state index is 14.1. The number of methoxy groups -OCH3 is 1. The van der Waals surface area contributed by atoms with Crippen molar-refractivity contribution in [2.45, 2.75) is 6.04 Å². The molecule has 0 amide bonds. The van der Waals surface area contributed by atoms with Gasteiger partial charge in [-0.05, 0) is 40.6 Å². The fourth-order valence-corrected chi connectivity index (χ4v) is 3.82. The van der Waals surface area contributed by atoms with Gasteiger partial charge >= 0.3 is 0 Å². The van der Waals surface area contributed by atoms with Crippen LogP contribution in [0.3, 0.4) is 0 Å². The van der Waals surface area contributed by atoms with E-state index >= 15 is 0 Å². The summed E-state index contributed by atoms with van der Waals surface area (Å²) in [4.78, 5) is 2.40. The molecule has 1 heterocycles. The van der Waals surface area contributed by atoms with Gasteiger partial charge in [-0.3, -0.25) is 4.90 Å². The Hall–Kier alpha value is -2.43. The smallest absolute Gasteiger partial charge is 0.124 e. The third-order valence-electron chi connectivity index (χ3n) is 5.09. The van der Waals surface area contributed by atoms with Crippen molar-refractivity contribution in [1.29, 1.82) is 0 Å². The Morgan fingerprint density at radius 3 is 2.50 bits per heavy atom. The molecule has 1 saturated heterocycles. The van der Waals surface area contributed by atoms with Gasteiger partial charge in [0.2, 0.25) is 0 Å². The zero-order valence-electron chi connectivity index (χ0n) is 14.9. The van der Waals surface area contributed by atoms with E-state index in [1.54, 1.807) is 19.2 Å². The molecule has 1 aliphatic heterocycles. The van der Waals surface area contributed by atoms with Crippen molar-refractivity contribution in [3.8, 4) is 5.75 Å².